The van der Waals surface area contributed by atoms with Crippen molar-refractivity contribution in [2.75, 3.05) is 12.3 Å². The van der Waals surface area contributed by atoms with Crippen molar-refractivity contribution in [2.24, 2.45) is 0 Å². The van der Waals surface area contributed by atoms with Gasteiger partial charge in [-0.1, -0.05) is 19.4 Å². The Hall–Kier alpha value is -0.970. The van der Waals surface area contributed by atoms with Crippen LogP contribution in [-0.2, 0) is 4.79 Å². The third-order valence-electron chi connectivity index (χ3n) is 3.31. The summed E-state index contributed by atoms with van der Waals surface area (Å²) >= 11 is 4.08. The van der Waals surface area contributed by atoms with Crippen LogP contribution in [0.2, 0.25) is 0 Å². The van der Waals surface area contributed by atoms with E-state index in [4.69, 9.17) is 0 Å². The van der Waals surface area contributed by atoms with Gasteiger partial charge in [0.25, 0.3) is 5.91 Å². The summed E-state index contributed by atoms with van der Waals surface area (Å²) in [5, 5.41) is 2.83. The highest BCUT2D eigenvalue weighted by Crippen LogP contribution is 2.35. The van der Waals surface area contributed by atoms with E-state index in [0.717, 1.165) is 31.3 Å². The fourth-order valence-electron chi connectivity index (χ4n) is 2.41. The van der Waals surface area contributed by atoms with Crippen molar-refractivity contribution < 1.29 is 9.59 Å². The molecule has 5 heteroatoms. The zero-order valence-electron chi connectivity index (χ0n) is 9.16. The molecule has 1 spiro atoms. The summed E-state index contributed by atoms with van der Waals surface area (Å²) in [7, 11) is 0. The standard InChI is InChI=1S/C11H16N2O2S/c1-8(7-16)6-13-9(14)11(12-10(13)15)4-2-3-5-11/h16H,1-7H2,(H,12,15). The number of carbonyl (C=O) groups is 2. The van der Waals surface area contributed by atoms with E-state index in [1.807, 2.05) is 0 Å². The van der Waals surface area contributed by atoms with E-state index in [2.05, 4.69) is 24.5 Å². The largest absolute Gasteiger partial charge is 0.325 e. The Morgan fingerprint density at radius 1 is 1.44 bits per heavy atom. The molecule has 0 aromatic rings. The van der Waals surface area contributed by atoms with Gasteiger partial charge in [0.1, 0.15) is 5.54 Å². The Bertz CT molecular complexity index is 348. The minimum Gasteiger partial charge on any atom is -0.323 e. The summed E-state index contributed by atoms with van der Waals surface area (Å²) in [5.41, 5.74) is 0.176. The van der Waals surface area contributed by atoms with E-state index >= 15 is 0 Å². The van der Waals surface area contributed by atoms with Crippen LogP contribution in [0.25, 0.3) is 0 Å². The van der Waals surface area contributed by atoms with Gasteiger partial charge in [-0.15, -0.1) is 0 Å². The van der Waals surface area contributed by atoms with E-state index in [-0.39, 0.29) is 18.5 Å². The fraction of sp³-hybridized carbons (Fsp3) is 0.636. The van der Waals surface area contributed by atoms with Gasteiger partial charge >= 0.3 is 6.03 Å². The molecule has 1 heterocycles. The molecule has 0 aromatic carbocycles. The monoisotopic (exact) mass is 240 g/mol. The summed E-state index contributed by atoms with van der Waals surface area (Å²) in [5.74, 6) is 0.405. The van der Waals surface area contributed by atoms with Crippen LogP contribution in [0, 0.1) is 0 Å². The first-order valence-corrected chi connectivity index (χ1v) is 6.14. The van der Waals surface area contributed by atoms with E-state index in [9.17, 15) is 9.59 Å². The van der Waals surface area contributed by atoms with Gasteiger partial charge in [-0.3, -0.25) is 9.69 Å². The third-order valence-corrected chi connectivity index (χ3v) is 3.76. The number of hydrogen-bond acceptors (Lipinski definition) is 3. The second-order valence-electron chi connectivity index (χ2n) is 4.52. The highest BCUT2D eigenvalue weighted by atomic mass is 32.1. The summed E-state index contributed by atoms with van der Waals surface area (Å²) in [6, 6.07) is -0.283. The van der Waals surface area contributed by atoms with Crippen molar-refractivity contribution in [2.45, 2.75) is 31.2 Å². The highest BCUT2D eigenvalue weighted by molar-refractivity contribution is 7.80. The number of amides is 3. The number of thiol groups is 1. The summed E-state index contributed by atoms with van der Waals surface area (Å²) in [6.07, 6.45) is 3.55. The first-order chi connectivity index (χ1) is 7.59. The molecule has 1 aliphatic carbocycles. The van der Waals surface area contributed by atoms with E-state index in [0.29, 0.717) is 5.75 Å². The summed E-state index contributed by atoms with van der Waals surface area (Å²) in [6.45, 7) is 4.06. The lowest BCUT2D eigenvalue weighted by Crippen LogP contribution is -2.44. The Morgan fingerprint density at radius 3 is 2.62 bits per heavy atom. The van der Waals surface area contributed by atoms with Gasteiger partial charge in [0.15, 0.2) is 0 Å². The second-order valence-corrected chi connectivity index (χ2v) is 4.84. The van der Waals surface area contributed by atoms with Crippen LogP contribution in [0.15, 0.2) is 12.2 Å². The molecular weight excluding hydrogens is 224 g/mol. The van der Waals surface area contributed by atoms with Crippen LogP contribution in [0.4, 0.5) is 4.79 Å². The quantitative estimate of drug-likeness (QED) is 0.444. The molecule has 0 atom stereocenters. The van der Waals surface area contributed by atoms with Crippen molar-refractivity contribution >= 4 is 24.6 Å². The van der Waals surface area contributed by atoms with Gasteiger partial charge in [-0.05, 0) is 18.4 Å². The van der Waals surface area contributed by atoms with Crippen LogP contribution in [0.1, 0.15) is 25.7 Å². The normalized spacial score (nSPS) is 22.9. The maximum Gasteiger partial charge on any atom is 0.325 e. The first kappa shape index (κ1) is 11.5. The molecule has 0 radical (unpaired) electrons. The molecule has 1 saturated heterocycles. The number of urea groups is 1. The first-order valence-electron chi connectivity index (χ1n) is 5.51. The lowest BCUT2D eigenvalue weighted by Gasteiger charge is -2.20. The molecule has 88 valence electrons. The molecule has 1 saturated carbocycles. The molecule has 2 rings (SSSR count). The molecule has 0 unspecified atom stereocenters. The van der Waals surface area contributed by atoms with Crippen molar-refractivity contribution in [1.82, 2.24) is 10.2 Å². The molecule has 1 aliphatic heterocycles. The van der Waals surface area contributed by atoms with E-state index < -0.39 is 5.54 Å². The Labute approximate surface area is 100 Å². The minimum atomic E-state index is -0.603. The molecule has 4 nitrogen and oxygen atoms in total. The molecule has 3 amide bonds. The minimum absolute atomic E-state index is 0.0852. The number of nitrogens with zero attached hydrogens (tertiary/aromatic N) is 1. The number of carbonyl (C=O) groups excluding carboxylic acids is 2. The molecule has 2 fully saturated rings. The van der Waals surface area contributed by atoms with Crippen LogP contribution >= 0.6 is 12.6 Å². The van der Waals surface area contributed by atoms with Gasteiger partial charge in [-0.2, -0.15) is 12.6 Å². The van der Waals surface area contributed by atoms with Gasteiger partial charge < -0.3 is 5.32 Å². The SMILES string of the molecule is C=C(CS)CN1C(=O)NC2(CCCC2)C1=O. The Balaban J connectivity index is 2.13. The second kappa shape index (κ2) is 4.13. The maximum absolute atomic E-state index is 12.2. The van der Waals surface area contributed by atoms with Gasteiger partial charge in [0, 0.05) is 5.75 Å². The van der Waals surface area contributed by atoms with Crippen LogP contribution in [-0.4, -0.2) is 34.7 Å². The van der Waals surface area contributed by atoms with Crippen LogP contribution in [0.5, 0.6) is 0 Å². The Kier molecular flexibility index (Phi) is 2.97. The lowest BCUT2D eigenvalue weighted by molar-refractivity contribution is -0.130. The average Bonchev–Trinajstić information content (AvgIpc) is 2.81. The number of imide groups is 1. The molecule has 16 heavy (non-hydrogen) atoms. The van der Waals surface area contributed by atoms with Crippen LogP contribution < -0.4 is 5.32 Å². The number of hydrogen-bond donors (Lipinski definition) is 2. The zero-order chi connectivity index (χ0) is 11.8. The van der Waals surface area contributed by atoms with Gasteiger partial charge in [0.05, 0.1) is 6.54 Å². The molecule has 2 aliphatic rings. The van der Waals surface area contributed by atoms with Gasteiger partial charge in [-0.25, -0.2) is 4.79 Å². The topological polar surface area (TPSA) is 49.4 Å². The highest BCUT2D eigenvalue weighted by Gasteiger charge is 2.52. The predicted octanol–water partition coefficient (Wildman–Crippen LogP) is 1.34. The predicted molar refractivity (Wildman–Crippen MR) is 64.4 cm³/mol. The van der Waals surface area contributed by atoms with Crippen molar-refractivity contribution in [3.05, 3.63) is 12.2 Å². The van der Waals surface area contributed by atoms with Crippen LogP contribution in [0.3, 0.4) is 0 Å². The number of rotatable bonds is 3. The summed E-state index contributed by atoms with van der Waals surface area (Å²) < 4.78 is 0. The average molecular weight is 240 g/mol. The molecule has 1 N–H and O–H groups in total. The van der Waals surface area contributed by atoms with Crippen molar-refractivity contribution in [3.63, 3.8) is 0 Å². The van der Waals surface area contributed by atoms with Gasteiger partial charge in [0.2, 0.25) is 0 Å². The fourth-order valence-corrected chi connectivity index (χ4v) is 2.51. The van der Waals surface area contributed by atoms with E-state index in [1.54, 1.807) is 0 Å². The third kappa shape index (κ3) is 1.73. The molecular formula is C11H16N2O2S. The smallest absolute Gasteiger partial charge is 0.323 e. The van der Waals surface area contributed by atoms with Crippen molar-refractivity contribution in [3.8, 4) is 0 Å². The number of nitrogens with one attached hydrogen (secondary N) is 1. The Morgan fingerprint density at radius 2 is 2.06 bits per heavy atom. The van der Waals surface area contributed by atoms with E-state index in [1.165, 1.54) is 4.90 Å². The summed E-state index contributed by atoms with van der Waals surface area (Å²) in [4.78, 5) is 25.2. The molecule has 0 bridgehead atoms. The van der Waals surface area contributed by atoms with Crippen molar-refractivity contribution in [1.29, 1.82) is 0 Å². The zero-order valence-corrected chi connectivity index (χ0v) is 10.1. The molecule has 0 aromatic heterocycles. The lowest BCUT2D eigenvalue weighted by atomic mass is 9.98. The maximum atomic E-state index is 12.2.